The lowest BCUT2D eigenvalue weighted by molar-refractivity contribution is 0.269. The Morgan fingerprint density at radius 3 is 2.70 bits per heavy atom. The second kappa shape index (κ2) is 9.01. The Balaban J connectivity index is 1.76. The lowest BCUT2D eigenvalue weighted by Crippen LogP contribution is -2.05. The average molecular weight is 457 g/mol. The smallest absolute Gasteiger partial charge is 0.263 e. The molecule has 2 N–H and O–H groups in total. The zero-order chi connectivity index (χ0) is 19.2. The molecule has 0 radical (unpaired) electrons. The van der Waals surface area contributed by atoms with E-state index in [9.17, 15) is 4.39 Å². The predicted molar refractivity (Wildman–Crippen MR) is 103 cm³/mol. The maximum absolute atomic E-state index is 13.2. The van der Waals surface area contributed by atoms with Gasteiger partial charge in [-0.3, -0.25) is 0 Å². The van der Waals surface area contributed by atoms with Gasteiger partial charge in [-0.25, -0.2) is 4.39 Å². The van der Waals surface area contributed by atoms with Crippen molar-refractivity contribution >= 4 is 33.5 Å². The summed E-state index contributed by atoms with van der Waals surface area (Å²) in [4.78, 5) is 0. The maximum Gasteiger partial charge on any atom is 0.263 e. The fraction of sp³-hybridized carbons (Fsp3) is 0.235. The molecule has 142 valence electrons. The molecule has 7 nitrogen and oxygen atoms in total. The molecule has 3 rings (SSSR count). The molecule has 0 aliphatic heterocycles. The monoisotopic (exact) mass is 455 g/mol. The van der Waals surface area contributed by atoms with Crippen LogP contribution in [0.1, 0.15) is 18.1 Å². The van der Waals surface area contributed by atoms with Crippen LogP contribution in [0.25, 0.3) is 0 Å². The van der Waals surface area contributed by atoms with Crippen LogP contribution in [-0.4, -0.2) is 27.2 Å². The van der Waals surface area contributed by atoms with Gasteiger partial charge < -0.3 is 14.8 Å². The number of benzene rings is 2. The Bertz CT molecular complexity index is 911. The third-order valence-corrected chi connectivity index (χ3v) is 4.68. The van der Waals surface area contributed by atoms with Gasteiger partial charge in [0.2, 0.25) is 0 Å². The number of tetrazole rings is 1. The highest BCUT2D eigenvalue weighted by atomic mass is 79.9. The first-order chi connectivity index (χ1) is 13.1. The van der Waals surface area contributed by atoms with Gasteiger partial charge in [-0.05, 0) is 42.0 Å². The fourth-order valence-corrected chi connectivity index (χ4v) is 2.98. The summed E-state index contributed by atoms with van der Waals surface area (Å²) in [7, 11) is 0. The van der Waals surface area contributed by atoms with Gasteiger partial charge in [0.15, 0.2) is 11.5 Å². The number of rotatable bonds is 8. The zero-order valence-corrected chi connectivity index (χ0v) is 16.6. The fourth-order valence-electron chi connectivity index (χ4n) is 2.30. The van der Waals surface area contributed by atoms with Gasteiger partial charge in [0.05, 0.1) is 11.6 Å². The first-order valence-electron chi connectivity index (χ1n) is 8.06. The lowest BCUT2D eigenvalue weighted by atomic mass is 10.2. The van der Waals surface area contributed by atoms with E-state index in [1.807, 2.05) is 19.1 Å². The topological polar surface area (TPSA) is 85.0 Å². The van der Waals surface area contributed by atoms with Crippen LogP contribution in [-0.2, 0) is 13.2 Å². The number of nitrogens with zero attached hydrogens (tertiary/aromatic N) is 3. The molecule has 10 heteroatoms. The molecule has 1 heterocycles. The first-order valence-corrected chi connectivity index (χ1v) is 9.23. The van der Waals surface area contributed by atoms with E-state index in [-0.39, 0.29) is 12.4 Å². The number of aromatic amines is 1. The van der Waals surface area contributed by atoms with Crippen molar-refractivity contribution in [1.29, 1.82) is 0 Å². The second-order valence-electron chi connectivity index (χ2n) is 5.44. The Hall–Kier alpha value is -2.39. The van der Waals surface area contributed by atoms with Gasteiger partial charge in [-0.1, -0.05) is 38.7 Å². The molecule has 1 aromatic heterocycles. The van der Waals surface area contributed by atoms with Gasteiger partial charge in [-0.15, -0.1) is 5.10 Å². The largest absolute Gasteiger partial charge is 0.490 e. The molecule has 3 aromatic rings. The first kappa shape index (κ1) is 19.4. The number of ether oxygens (including phenoxy) is 2. The van der Waals surface area contributed by atoms with Crippen LogP contribution in [0.15, 0.2) is 34.8 Å². The number of hydrogen-bond donors (Lipinski definition) is 2. The molecular weight excluding hydrogens is 441 g/mol. The van der Waals surface area contributed by atoms with Gasteiger partial charge in [0.25, 0.3) is 5.95 Å². The van der Waals surface area contributed by atoms with E-state index in [2.05, 4.69) is 41.9 Å². The van der Waals surface area contributed by atoms with E-state index >= 15 is 0 Å². The van der Waals surface area contributed by atoms with E-state index in [0.29, 0.717) is 41.2 Å². The van der Waals surface area contributed by atoms with Crippen molar-refractivity contribution in [2.75, 3.05) is 11.9 Å². The second-order valence-corrected chi connectivity index (χ2v) is 6.70. The molecular formula is C17H16BrClFN5O2. The highest BCUT2D eigenvalue weighted by Crippen LogP contribution is 2.35. The molecule has 27 heavy (non-hydrogen) atoms. The molecule has 0 saturated heterocycles. The Morgan fingerprint density at radius 1 is 1.19 bits per heavy atom. The quantitative estimate of drug-likeness (QED) is 0.524. The van der Waals surface area contributed by atoms with Crippen molar-refractivity contribution in [1.82, 2.24) is 20.6 Å². The summed E-state index contributed by atoms with van der Waals surface area (Å²) in [6, 6.07) is 7.87. The third kappa shape index (κ3) is 5.08. The van der Waals surface area contributed by atoms with E-state index in [1.54, 1.807) is 6.07 Å². The van der Waals surface area contributed by atoms with Crippen LogP contribution in [0.3, 0.4) is 0 Å². The van der Waals surface area contributed by atoms with Crippen molar-refractivity contribution in [3.63, 3.8) is 0 Å². The average Bonchev–Trinajstić information content (AvgIpc) is 3.15. The van der Waals surface area contributed by atoms with Crippen LogP contribution >= 0.6 is 27.5 Å². The van der Waals surface area contributed by atoms with Crippen LogP contribution in [0, 0.1) is 5.82 Å². The Kier molecular flexibility index (Phi) is 6.46. The van der Waals surface area contributed by atoms with E-state index in [1.165, 1.54) is 12.1 Å². The number of anilines is 1. The normalized spacial score (nSPS) is 10.7. The standard InChI is InChI=1S/C17H16BrClFN5O2/c1-2-26-15-5-11(8-21-17-22-24-25-23-17)13(18)7-16(15)27-9-10-3-4-12(20)6-14(10)19/h3-7H,2,8-9H2,1H3,(H2,21,22,23,24,25). The van der Waals surface area contributed by atoms with Crippen molar-refractivity contribution in [3.05, 3.63) is 56.8 Å². The minimum absolute atomic E-state index is 0.187. The molecule has 0 bridgehead atoms. The maximum atomic E-state index is 13.2. The molecule has 0 spiro atoms. The highest BCUT2D eigenvalue weighted by molar-refractivity contribution is 9.10. The summed E-state index contributed by atoms with van der Waals surface area (Å²) in [6.45, 7) is 3.02. The zero-order valence-electron chi connectivity index (χ0n) is 14.3. The molecule has 0 aliphatic rings. The molecule has 0 saturated carbocycles. The van der Waals surface area contributed by atoms with Crippen LogP contribution in [0.5, 0.6) is 11.5 Å². The van der Waals surface area contributed by atoms with E-state index < -0.39 is 0 Å². The predicted octanol–water partition coefficient (Wildman–Crippen LogP) is 4.34. The van der Waals surface area contributed by atoms with Gasteiger partial charge in [0, 0.05) is 16.6 Å². The van der Waals surface area contributed by atoms with Crippen LogP contribution < -0.4 is 14.8 Å². The summed E-state index contributed by atoms with van der Waals surface area (Å²) in [6.07, 6.45) is 0. The minimum atomic E-state index is -0.389. The van der Waals surface area contributed by atoms with E-state index in [4.69, 9.17) is 21.1 Å². The molecule has 0 aliphatic carbocycles. The van der Waals surface area contributed by atoms with Crippen molar-refractivity contribution in [2.24, 2.45) is 0 Å². The molecule has 2 aromatic carbocycles. The summed E-state index contributed by atoms with van der Waals surface area (Å²) < 4.78 is 25.5. The van der Waals surface area contributed by atoms with Gasteiger partial charge >= 0.3 is 0 Å². The molecule has 0 fully saturated rings. The highest BCUT2D eigenvalue weighted by Gasteiger charge is 2.13. The summed E-state index contributed by atoms with van der Waals surface area (Å²) >= 11 is 9.59. The number of nitrogens with one attached hydrogen (secondary N) is 2. The number of hydrogen-bond acceptors (Lipinski definition) is 6. The van der Waals surface area contributed by atoms with Crippen molar-refractivity contribution in [2.45, 2.75) is 20.1 Å². The summed E-state index contributed by atoms with van der Waals surface area (Å²) in [5.41, 5.74) is 1.61. The summed E-state index contributed by atoms with van der Waals surface area (Å²) in [5, 5.41) is 16.9. The number of halogens is 3. The molecule has 0 atom stereocenters. The minimum Gasteiger partial charge on any atom is -0.490 e. The van der Waals surface area contributed by atoms with Crippen molar-refractivity contribution in [3.8, 4) is 11.5 Å². The van der Waals surface area contributed by atoms with Crippen molar-refractivity contribution < 1.29 is 13.9 Å². The van der Waals surface area contributed by atoms with E-state index in [0.717, 1.165) is 10.0 Å². The Labute approximate surface area is 168 Å². The molecule has 0 amide bonds. The van der Waals surface area contributed by atoms with Gasteiger partial charge in [-0.2, -0.15) is 5.21 Å². The van der Waals surface area contributed by atoms with Crippen LogP contribution in [0.2, 0.25) is 5.02 Å². The number of H-pyrrole nitrogens is 1. The third-order valence-electron chi connectivity index (χ3n) is 3.59. The Morgan fingerprint density at radius 2 is 2.00 bits per heavy atom. The van der Waals surface area contributed by atoms with Crippen LogP contribution in [0.4, 0.5) is 10.3 Å². The number of aromatic nitrogens is 4. The SMILES string of the molecule is CCOc1cc(CNc2nn[nH]n2)c(Br)cc1OCc1ccc(F)cc1Cl. The summed E-state index contributed by atoms with van der Waals surface area (Å²) in [5.74, 6) is 1.14. The molecule has 0 unspecified atom stereocenters. The lowest BCUT2D eigenvalue weighted by Gasteiger charge is -2.15. The van der Waals surface area contributed by atoms with Gasteiger partial charge in [0.1, 0.15) is 12.4 Å².